The molecule has 0 aliphatic carbocycles. The van der Waals surface area contributed by atoms with Crippen LogP contribution >= 0.6 is 0 Å². The van der Waals surface area contributed by atoms with Gasteiger partial charge in [0, 0.05) is 12.6 Å². The highest BCUT2D eigenvalue weighted by molar-refractivity contribution is 5.68. The van der Waals surface area contributed by atoms with Crippen molar-refractivity contribution in [2.45, 2.75) is 66.0 Å². The number of carbonyl (C=O) groups excluding carboxylic acids is 1. The van der Waals surface area contributed by atoms with E-state index in [4.69, 9.17) is 4.74 Å². The molecule has 0 rings (SSSR count). The van der Waals surface area contributed by atoms with Crippen molar-refractivity contribution in [3.63, 3.8) is 0 Å². The van der Waals surface area contributed by atoms with Gasteiger partial charge in [0.25, 0.3) is 0 Å². The summed E-state index contributed by atoms with van der Waals surface area (Å²) in [6.07, 6.45) is 3.17. The molecular formula is C12H25NO2. The standard InChI is InChI=1S/C12H25NO2/c1-6-7-8-9-13(10(2)3)12(14)15-11(4)5/h10-11H,6-9H2,1-5H3. The zero-order valence-electron chi connectivity index (χ0n) is 10.7. The van der Waals surface area contributed by atoms with E-state index in [1.807, 2.05) is 27.7 Å². The Morgan fingerprint density at radius 1 is 1.20 bits per heavy atom. The van der Waals surface area contributed by atoms with Gasteiger partial charge < -0.3 is 9.64 Å². The van der Waals surface area contributed by atoms with E-state index in [-0.39, 0.29) is 18.2 Å². The molecule has 3 heteroatoms. The predicted molar refractivity (Wildman–Crippen MR) is 63.0 cm³/mol. The van der Waals surface area contributed by atoms with E-state index in [1.54, 1.807) is 4.90 Å². The molecule has 0 saturated heterocycles. The Bertz CT molecular complexity index is 178. The number of hydrogen-bond donors (Lipinski definition) is 0. The number of hydrogen-bond acceptors (Lipinski definition) is 2. The molecular weight excluding hydrogens is 190 g/mol. The van der Waals surface area contributed by atoms with E-state index in [0.29, 0.717) is 0 Å². The van der Waals surface area contributed by atoms with E-state index in [0.717, 1.165) is 19.4 Å². The normalized spacial score (nSPS) is 10.9. The van der Waals surface area contributed by atoms with Crippen molar-refractivity contribution in [2.75, 3.05) is 6.54 Å². The third-order valence-corrected chi connectivity index (χ3v) is 2.20. The third kappa shape index (κ3) is 6.37. The summed E-state index contributed by atoms with van der Waals surface area (Å²) in [6.45, 7) is 10.8. The van der Waals surface area contributed by atoms with Gasteiger partial charge in [-0.3, -0.25) is 0 Å². The summed E-state index contributed by atoms with van der Waals surface area (Å²) in [6, 6.07) is 0.216. The Balaban J connectivity index is 4.07. The summed E-state index contributed by atoms with van der Waals surface area (Å²) in [5.41, 5.74) is 0. The summed E-state index contributed by atoms with van der Waals surface area (Å²) in [5.74, 6) is 0. The topological polar surface area (TPSA) is 29.5 Å². The van der Waals surface area contributed by atoms with Crippen molar-refractivity contribution in [3.05, 3.63) is 0 Å². The Hall–Kier alpha value is -0.730. The van der Waals surface area contributed by atoms with E-state index in [9.17, 15) is 4.79 Å². The zero-order chi connectivity index (χ0) is 11.8. The Morgan fingerprint density at radius 3 is 2.20 bits per heavy atom. The maximum Gasteiger partial charge on any atom is 0.410 e. The maximum atomic E-state index is 11.7. The van der Waals surface area contributed by atoms with E-state index in [2.05, 4.69) is 6.92 Å². The van der Waals surface area contributed by atoms with Crippen LogP contribution in [0.1, 0.15) is 53.9 Å². The quantitative estimate of drug-likeness (QED) is 0.635. The molecule has 0 N–H and O–H groups in total. The fraction of sp³-hybridized carbons (Fsp3) is 0.917. The molecule has 0 bridgehead atoms. The van der Waals surface area contributed by atoms with E-state index < -0.39 is 0 Å². The highest BCUT2D eigenvalue weighted by Gasteiger charge is 2.18. The molecule has 0 heterocycles. The van der Waals surface area contributed by atoms with Crippen molar-refractivity contribution in [3.8, 4) is 0 Å². The second-order valence-corrected chi connectivity index (χ2v) is 4.43. The summed E-state index contributed by atoms with van der Waals surface area (Å²) >= 11 is 0. The van der Waals surface area contributed by atoms with Gasteiger partial charge in [0.15, 0.2) is 0 Å². The van der Waals surface area contributed by atoms with Crippen molar-refractivity contribution in [2.24, 2.45) is 0 Å². The van der Waals surface area contributed by atoms with Gasteiger partial charge in [-0.2, -0.15) is 0 Å². The molecule has 0 fully saturated rings. The smallest absolute Gasteiger partial charge is 0.410 e. The Labute approximate surface area is 93.8 Å². The van der Waals surface area contributed by atoms with Gasteiger partial charge in [-0.25, -0.2) is 4.79 Å². The second-order valence-electron chi connectivity index (χ2n) is 4.43. The van der Waals surface area contributed by atoms with Crippen LogP contribution in [0, 0.1) is 0 Å². The van der Waals surface area contributed by atoms with Crippen molar-refractivity contribution < 1.29 is 9.53 Å². The number of ether oxygens (including phenoxy) is 1. The Morgan fingerprint density at radius 2 is 1.80 bits per heavy atom. The first kappa shape index (κ1) is 14.3. The molecule has 0 saturated carbocycles. The van der Waals surface area contributed by atoms with Crippen molar-refractivity contribution in [1.29, 1.82) is 0 Å². The molecule has 90 valence electrons. The van der Waals surface area contributed by atoms with Gasteiger partial charge in [0.05, 0.1) is 6.10 Å². The van der Waals surface area contributed by atoms with Gasteiger partial charge in [-0.1, -0.05) is 19.8 Å². The number of amides is 1. The Kier molecular flexibility index (Phi) is 7.18. The highest BCUT2D eigenvalue weighted by atomic mass is 16.6. The first-order chi connectivity index (χ1) is 6.99. The maximum absolute atomic E-state index is 11.7. The summed E-state index contributed by atoms with van der Waals surface area (Å²) < 4.78 is 5.19. The minimum Gasteiger partial charge on any atom is -0.447 e. The van der Waals surface area contributed by atoms with Crippen LogP contribution < -0.4 is 0 Å². The molecule has 0 radical (unpaired) electrons. The second kappa shape index (κ2) is 7.55. The molecule has 1 amide bonds. The third-order valence-electron chi connectivity index (χ3n) is 2.20. The summed E-state index contributed by atoms with van der Waals surface area (Å²) in [5, 5.41) is 0. The summed E-state index contributed by atoms with van der Waals surface area (Å²) in [4.78, 5) is 13.5. The molecule has 0 aliphatic rings. The number of rotatable bonds is 6. The van der Waals surface area contributed by atoms with Crippen LogP contribution in [-0.4, -0.2) is 29.7 Å². The lowest BCUT2D eigenvalue weighted by atomic mass is 10.2. The first-order valence-electron chi connectivity index (χ1n) is 5.96. The summed E-state index contributed by atoms with van der Waals surface area (Å²) in [7, 11) is 0. The minimum absolute atomic E-state index is 0.0371. The van der Waals surface area contributed by atoms with Crippen LogP contribution in [0.15, 0.2) is 0 Å². The minimum atomic E-state index is -0.184. The van der Waals surface area contributed by atoms with Crippen LogP contribution in [0.25, 0.3) is 0 Å². The van der Waals surface area contributed by atoms with Gasteiger partial charge in [0.2, 0.25) is 0 Å². The zero-order valence-corrected chi connectivity index (χ0v) is 10.7. The van der Waals surface area contributed by atoms with Crippen LogP contribution in [0.5, 0.6) is 0 Å². The SMILES string of the molecule is CCCCCN(C(=O)OC(C)C)C(C)C. The molecule has 0 aromatic carbocycles. The molecule has 3 nitrogen and oxygen atoms in total. The highest BCUT2D eigenvalue weighted by Crippen LogP contribution is 2.07. The lowest BCUT2D eigenvalue weighted by Gasteiger charge is -2.26. The monoisotopic (exact) mass is 215 g/mol. The van der Waals surface area contributed by atoms with E-state index >= 15 is 0 Å². The lowest BCUT2D eigenvalue weighted by molar-refractivity contribution is 0.0673. The molecule has 0 aromatic rings. The number of carbonyl (C=O) groups is 1. The van der Waals surface area contributed by atoms with Gasteiger partial charge in [0.1, 0.15) is 0 Å². The largest absolute Gasteiger partial charge is 0.447 e. The van der Waals surface area contributed by atoms with Crippen LogP contribution in [0.3, 0.4) is 0 Å². The first-order valence-corrected chi connectivity index (χ1v) is 5.96. The average molecular weight is 215 g/mol. The average Bonchev–Trinajstić information content (AvgIpc) is 2.10. The predicted octanol–water partition coefficient (Wildman–Crippen LogP) is 3.43. The molecule has 0 aromatic heterocycles. The van der Waals surface area contributed by atoms with Crippen LogP contribution in [-0.2, 0) is 4.74 Å². The van der Waals surface area contributed by atoms with Gasteiger partial charge in [-0.15, -0.1) is 0 Å². The lowest BCUT2D eigenvalue weighted by Crippen LogP contribution is -2.39. The molecule has 0 unspecified atom stereocenters. The fourth-order valence-corrected chi connectivity index (χ4v) is 1.36. The van der Waals surface area contributed by atoms with Crippen molar-refractivity contribution >= 4 is 6.09 Å². The molecule has 0 spiro atoms. The fourth-order valence-electron chi connectivity index (χ4n) is 1.36. The van der Waals surface area contributed by atoms with Gasteiger partial charge >= 0.3 is 6.09 Å². The number of unbranched alkanes of at least 4 members (excludes halogenated alkanes) is 2. The van der Waals surface area contributed by atoms with Crippen molar-refractivity contribution in [1.82, 2.24) is 4.90 Å². The van der Waals surface area contributed by atoms with Crippen LogP contribution in [0.2, 0.25) is 0 Å². The molecule has 0 atom stereocenters. The van der Waals surface area contributed by atoms with Gasteiger partial charge in [-0.05, 0) is 34.1 Å². The van der Waals surface area contributed by atoms with E-state index in [1.165, 1.54) is 6.42 Å². The van der Waals surface area contributed by atoms with Crippen LogP contribution in [0.4, 0.5) is 4.79 Å². The molecule has 0 aliphatic heterocycles. The number of nitrogens with zero attached hydrogens (tertiary/aromatic N) is 1. The molecule has 15 heavy (non-hydrogen) atoms.